The van der Waals surface area contributed by atoms with Crippen molar-refractivity contribution in [1.82, 2.24) is 5.43 Å². The highest BCUT2D eigenvalue weighted by Gasteiger charge is 2.34. The third kappa shape index (κ3) is 4.62. The highest BCUT2D eigenvalue weighted by molar-refractivity contribution is 9.10. The Bertz CT molecular complexity index is 943. The van der Waals surface area contributed by atoms with Crippen molar-refractivity contribution in [2.75, 3.05) is 11.6 Å². The van der Waals surface area contributed by atoms with Gasteiger partial charge in [-0.05, 0) is 72.1 Å². The van der Waals surface area contributed by atoms with Crippen molar-refractivity contribution in [3.05, 3.63) is 58.1 Å². The predicted molar refractivity (Wildman–Crippen MR) is 116 cm³/mol. The number of hydrazine groups is 1. The molecular formula is C22H23BrN2O4. The molecular weight excluding hydrogens is 436 g/mol. The minimum absolute atomic E-state index is 0.0244. The van der Waals surface area contributed by atoms with Crippen LogP contribution in [0.3, 0.4) is 0 Å². The molecule has 3 rings (SSSR count). The molecule has 1 atom stereocenters. The topological polar surface area (TPSA) is 67.9 Å². The minimum Gasteiger partial charge on any atom is -0.490 e. The van der Waals surface area contributed by atoms with E-state index < -0.39 is 11.8 Å². The van der Waals surface area contributed by atoms with Crippen molar-refractivity contribution in [2.24, 2.45) is 0 Å². The Hall–Kier alpha value is -2.80. The van der Waals surface area contributed by atoms with Gasteiger partial charge in [0.05, 0.1) is 22.9 Å². The van der Waals surface area contributed by atoms with E-state index in [9.17, 15) is 9.59 Å². The average Bonchev–Trinajstić information content (AvgIpc) is 2.99. The molecule has 0 unspecified atom stereocenters. The molecule has 1 saturated heterocycles. The molecule has 0 aromatic heterocycles. The van der Waals surface area contributed by atoms with Crippen LogP contribution in [-0.4, -0.2) is 24.5 Å². The number of benzene rings is 2. The number of carbonyl (C=O) groups excluding carboxylic acids is 2. The standard InChI is InChI=1S/C22H23BrN2O4/c1-4-14(3)29-20-18(23)12-15(13-19(20)28-5-2)11-17-21(26)24-25(22(17)27)16-9-7-6-8-10-16/h6-14H,4-5H2,1-3H3,(H,24,26)/b17-11-/t14-/m0/s1. The van der Waals surface area contributed by atoms with Crippen molar-refractivity contribution in [1.29, 1.82) is 0 Å². The summed E-state index contributed by atoms with van der Waals surface area (Å²) in [7, 11) is 0. The van der Waals surface area contributed by atoms with E-state index in [1.165, 1.54) is 5.01 Å². The predicted octanol–water partition coefficient (Wildman–Crippen LogP) is 4.49. The number of nitrogens with zero attached hydrogens (tertiary/aromatic N) is 1. The lowest BCUT2D eigenvalue weighted by atomic mass is 10.1. The number of ether oxygens (including phenoxy) is 2. The first-order valence-corrected chi connectivity index (χ1v) is 10.3. The summed E-state index contributed by atoms with van der Waals surface area (Å²) in [5.74, 6) is 0.305. The Morgan fingerprint density at radius 1 is 1.17 bits per heavy atom. The number of hydrogen-bond donors (Lipinski definition) is 1. The first kappa shape index (κ1) is 20.9. The summed E-state index contributed by atoms with van der Waals surface area (Å²) < 4.78 is 12.4. The van der Waals surface area contributed by atoms with Crippen LogP contribution in [0.5, 0.6) is 11.5 Å². The first-order valence-electron chi connectivity index (χ1n) is 9.49. The van der Waals surface area contributed by atoms with Gasteiger partial charge in [0.2, 0.25) is 0 Å². The summed E-state index contributed by atoms with van der Waals surface area (Å²) in [6.45, 7) is 6.38. The Kier molecular flexibility index (Phi) is 6.59. The van der Waals surface area contributed by atoms with Gasteiger partial charge in [-0.1, -0.05) is 25.1 Å². The zero-order valence-corrected chi connectivity index (χ0v) is 18.2. The molecule has 1 fully saturated rings. The van der Waals surface area contributed by atoms with Gasteiger partial charge in [0.1, 0.15) is 5.57 Å². The summed E-state index contributed by atoms with van der Waals surface area (Å²) in [6, 6.07) is 12.5. The molecule has 0 spiro atoms. The van der Waals surface area contributed by atoms with Crippen LogP contribution in [0, 0.1) is 0 Å². The average molecular weight is 459 g/mol. The number of para-hydroxylation sites is 1. The third-order valence-corrected chi connectivity index (χ3v) is 5.03. The lowest BCUT2D eigenvalue weighted by Crippen LogP contribution is -2.35. The zero-order chi connectivity index (χ0) is 21.0. The van der Waals surface area contributed by atoms with Crippen LogP contribution >= 0.6 is 15.9 Å². The molecule has 0 radical (unpaired) electrons. The summed E-state index contributed by atoms with van der Waals surface area (Å²) in [6.07, 6.45) is 2.44. The van der Waals surface area contributed by atoms with Crippen LogP contribution in [-0.2, 0) is 9.59 Å². The van der Waals surface area contributed by atoms with E-state index >= 15 is 0 Å². The summed E-state index contributed by atoms with van der Waals surface area (Å²) in [5, 5.41) is 1.24. The van der Waals surface area contributed by atoms with E-state index in [0.717, 1.165) is 6.42 Å². The van der Waals surface area contributed by atoms with E-state index in [2.05, 4.69) is 21.4 Å². The van der Waals surface area contributed by atoms with Crippen LogP contribution in [0.25, 0.3) is 6.08 Å². The van der Waals surface area contributed by atoms with Gasteiger partial charge in [0.15, 0.2) is 11.5 Å². The normalized spacial score (nSPS) is 16.1. The Morgan fingerprint density at radius 3 is 2.55 bits per heavy atom. The molecule has 1 heterocycles. The van der Waals surface area contributed by atoms with Gasteiger partial charge in [0, 0.05) is 0 Å². The number of hydrogen-bond acceptors (Lipinski definition) is 4. The Balaban J connectivity index is 1.95. The second-order valence-corrected chi connectivity index (χ2v) is 7.43. The Labute approximate surface area is 178 Å². The van der Waals surface area contributed by atoms with Crippen molar-refractivity contribution in [3.8, 4) is 11.5 Å². The molecule has 2 aromatic carbocycles. The SMILES string of the molecule is CCOc1cc(/C=C2/C(=O)NN(c3ccccc3)C2=O)cc(Br)c1O[C@@H](C)CC. The monoisotopic (exact) mass is 458 g/mol. The number of rotatable bonds is 7. The van der Waals surface area contributed by atoms with E-state index in [1.54, 1.807) is 42.5 Å². The molecule has 1 aliphatic rings. The van der Waals surface area contributed by atoms with Crippen LogP contribution in [0.1, 0.15) is 32.8 Å². The molecule has 1 aliphatic heterocycles. The molecule has 0 bridgehead atoms. The molecule has 2 aromatic rings. The minimum atomic E-state index is -0.451. The van der Waals surface area contributed by atoms with Gasteiger partial charge < -0.3 is 9.47 Å². The molecule has 152 valence electrons. The van der Waals surface area contributed by atoms with E-state index in [1.807, 2.05) is 26.8 Å². The zero-order valence-electron chi connectivity index (χ0n) is 16.6. The second-order valence-electron chi connectivity index (χ2n) is 6.57. The fourth-order valence-electron chi connectivity index (χ4n) is 2.82. The molecule has 0 aliphatic carbocycles. The van der Waals surface area contributed by atoms with Gasteiger partial charge in [-0.2, -0.15) is 0 Å². The fraction of sp³-hybridized carbons (Fsp3) is 0.273. The molecule has 29 heavy (non-hydrogen) atoms. The largest absolute Gasteiger partial charge is 0.490 e. The molecule has 0 saturated carbocycles. The van der Waals surface area contributed by atoms with Gasteiger partial charge in [-0.25, -0.2) is 5.01 Å². The fourth-order valence-corrected chi connectivity index (χ4v) is 3.37. The first-order chi connectivity index (χ1) is 13.9. The summed E-state index contributed by atoms with van der Waals surface area (Å²) >= 11 is 3.52. The van der Waals surface area contributed by atoms with E-state index in [4.69, 9.17) is 9.47 Å². The summed E-state index contributed by atoms with van der Waals surface area (Å²) in [5.41, 5.74) is 3.91. The van der Waals surface area contributed by atoms with Crippen molar-refractivity contribution in [3.63, 3.8) is 0 Å². The third-order valence-electron chi connectivity index (χ3n) is 4.44. The molecule has 1 N–H and O–H groups in total. The van der Waals surface area contributed by atoms with Gasteiger partial charge >= 0.3 is 0 Å². The lowest BCUT2D eigenvalue weighted by molar-refractivity contribution is -0.117. The van der Waals surface area contributed by atoms with Crippen LogP contribution in [0.4, 0.5) is 5.69 Å². The molecule has 2 amide bonds. The van der Waals surface area contributed by atoms with Crippen molar-refractivity contribution in [2.45, 2.75) is 33.3 Å². The number of anilines is 1. The quantitative estimate of drug-likeness (QED) is 0.490. The van der Waals surface area contributed by atoms with Gasteiger partial charge in [0.25, 0.3) is 11.8 Å². The molecule has 7 heteroatoms. The lowest BCUT2D eigenvalue weighted by Gasteiger charge is -2.18. The van der Waals surface area contributed by atoms with Crippen LogP contribution in [0.15, 0.2) is 52.5 Å². The van der Waals surface area contributed by atoms with Gasteiger partial charge in [-0.3, -0.25) is 15.0 Å². The number of amides is 2. The van der Waals surface area contributed by atoms with Gasteiger partial charge in [-0.15, -0.1) is 0 Å². The molecule has 6 nitrogen and oxygen atoms in total. The number of halogens is 1. The maximum atomic E-state index is 12.8. The van der Waals surface area contributed by atoms with E-state index in [-0.39, 0.29) is 11.7 Å². The summed E-state index contributed by atoms with van der Waals surface area (Å²) in [4.78, 5) is 25.2. The second kappa shape index (κ2) is 9.13. The Morgan fingerprint density at radius 2 is 1.90 bits per heavy atom. The maximum absolute atomic E-state index is 12.8. The van der Waals surface area contributed by atoms with Crippen molar-refractivity contribution < 1.29 is 19.1 Å². The smallest absolute Gasteiger partial charge is 0.282 e. The highest BCUT2D eigenvalue weighted by atomic mass is 79.9. The maximum Gasteiger partial charge on any atom is 0.282 e. The van der Waals surface area contributed by atoms with Crippen LogP contribution in [0.2, 0.25) is 0 Å². The number of nitrogens with one attached hydrogen (secondary N) is 1. The van der Waals surface area contributed by atoms with Crippen molar-refractivity contribution >= 4 is 39.5 Å². The van der Waals surface area contributed by atoms with Crippen LogP contribution < -0.4 is 19.9 Å². The van der Waals surface area contributed by atoms with E-state index in [0.29, 0.717) is 33.8 Å². The number of carbonyl (C=O) groups is 2. The highest BCUT2D eigenvalue weighted by Crippen LogP contribution is 2.38.